The summed E-state index contributed by atoms with van der Waals surface area (Å²) in [6.07, 6.45) is 0. The Hall–Kier alpha value is -3.90. The van der Waals surface area contributed by atoms with Crippen LogP contribution in [0.15, 0.2) is 303 Å². The third-order valence-electron chi connectivity index (χ3n) is 5.56. The van der Waals surface area contributed by atoms with Gasteiger partial charge in [-0.1, -0.05) is 0 Å². The monoisotopic (exact) mass is 930 g/mol. The van der Waals surface area contributed by atoms with Gasteiger partial charge in [-0.25, -0.2) is 121 Å². The van der Waals surface area contributed by atoms with Crippen LogP contribution in [-0.2, 0) is 85.3 Å². The van der Waals surface area contributed by atoms with Crippen LogP contribution in [0.1, 0.15) is 0 Å². The number of rotatable bonds is 0. The summed E-state index contributed by atoms with van der Waals surface area (Å²) in [5.74, 6) is 0. The van der Waals surface area contributed by atoms with Crippen LogP contribution in [0.5, 0.6) is 0 Å². The molecule has 10 rings (SSSR count). The van der Waals surface area contributed by atoms with Crippen LogP contribution in [0.3, 0.4) is 0 Å². The molecule has 0 saturated heterocycles. The van der Waals surface area contributed by atoms with E-state index in [0.29, 0.717) is 0 Å². The van der Waals surface area contributed by atoms with Crippen molar-refractivity contribution < 1.29 is 85.3 Å². The quantitative estimate of drug-likeness (QED) is 0.105. The summed E-state index contributed by atoms with van der Waals surface area (Å²) in [5.41, 5.74) is 0. The van der Waals surface area contributed by atoms with E-state index in [4.69, 9.17) is 0 Å². The van der Waals surface area contributed by atoms with E-state index in [2.05, 4.69) is 0 Å². The molecule has 0 radical (unpaired) electrons. The minimum Gasteiger partial charge on any atom is -0.214 e. The van der Waals surface area contributed by atoms with E-state index in [1.165, 1.54) is 0 Å². The minimum absolute atomic E-state index is 0. The first-order chi connectivity index (χ1) is 25.0. The van der Waals surface area contributed by atoms with Gasteiger partial charge >= 0.3 is 85.3 Å². The fourth-order valence-electron chi connectivity index (χ4n) is 3.21. The maximum absolute atomic E-state index is 2.00. The zero-order valence-electron chi connectivity index (χ0n) is 30.6. The Labute approximate surface area is 385 Å². The van der Waals surface area contributed by atoms with Gasteiger partial charge in [0.05, 0.1) is 0 Å². The van der Waals surface area contributed by atoms with Crippen LogP contribution >= 0.6 is 0 Å². The Bertz CT molecular complexity index is 1030. The van der Waals surface area contributed by atoms with Crippen molar-refractivity contribution in [2.75, 3.05) is 0 Å². The van der Waals surface area contributed by atoms with Gasteiger partial charge in [0.15, 0.2) is 0 Å². The third-order valence-corrected chi connectivity index (χ3v) is 5.56. The molecular weight excluding hydrogens is 880 g/mol. The molecule has 0 aromatic heterocycles. The smallest absolute Gasteiger partial charge is 0.214 e. The first-order valence-electron chi connectivity index (χ1n) is 16.7. The van der Waals surface area contributed by atoms with E-state index in [0.717, 1.165) is 0 Å². The topological polar surface area (TPSA) is 0 Å². The molecule has 0 unspecified atom stereocenters. The molecule has 0 aliphatic rings. The summed E-state index contributed by atoms with van der Waals surface area (Å²) < 4.78 is 0. The summed E-state index contributed by atoms with van der Waals surface area (Å²) in [5, 5.41) is 0. The second-order valence-corrected chi connectivity index (χ2v) is 9.62. The molecule has 0 spiro atoms. The van der Waals surface area contributed by atoms with Crippen LogP contribution in [-0.4, -0.2) is 0 Å². The number of hydrogen-bond acceptors (Lipinski definition) is 0. The maximum atomic E-state index is 2.00. The predicted octanol–water partition coefficient (Wildman–Crippen LogP) is 14.0. The van der Waals surface area contributed by atoms with Gasteiger partial charge in [-0.05, 0) is 0 Å². The Morgan fingerprint density at radius 2 is 0.164 bits per heavy atom. The Morgan fingerprint density at radius 3 is 0.182 bits per heavy atom. The van der Waals surface area contributed by atoms with Crippen LogP contribution < -0.4 is 0 Å². The van der Waals surface area contributed by atoms with E-state index in [9.17, 15) is 0 Å². The van der Waals surface area contributed by atoms with Gasteiger partial charge in [-0.3, -0.25) is 0 Å². The standard InChI is InChI=1S/10C5H5.5Fe/c10*1-2-4-5-3-1;;;;;/h10*1-5H;;;;;/q10*-1;5*+2. The van der Waals surface area contributed by atoms with E-state index in [1.54, 1.807) is 0 Å². The molecule has 10 aromatic carbocycles. The van der Waals surface area contributed by atoms with Crippen LogP contribution in [0.4, 0.5) is 0 Å². The average Bonchev–Trinajstić information content (AvgIpc) is 4.08. The SMILES string of the molecule is [Fe+2].[Fe+2].[Fe+2].[Fe+2].[Fe+2].c1cc[cH-]c1.c1cc[cH-]c1.c1cc[cH-]c1.c1cc[cH-]c1.c1cc[cH-]c1.c1cc[cH-]c1.c1cc[cH-]c1.c1cc[cH-]c1.c1cc[cH-]c1.c1cc[cH-]c1. The first kappa shape index (κ1) is 60.3. The third kappa shape index (κ3) is 54.5. The summed E-state index contributed by atoms with van der Waals surface area (Å²) in [6.45, 7) is 0. The molecule has 55 heavy (non-hydrogen) atoms. The van der Waals surface area contributed by atoms with Gasteiger partial charge in [-0.15, -0.1) is 0 Å². The summed E-state index contributed by atoms with van der Waals surface area (Å²) >= 11 is 0. The molecule has 10 aromatic rings. The molecule has 0 fully saturated rings. The summed E-state index contributed by atoms with van der Waals surface area (Å²) in [7, 11) is 0. The van der Waals surface area contributed by atoms with Crippen molar-refractivity contribution in [3.05, 3.63) is 303 Å². The zero-order chi connectivity index (χ0) is 35.4. The van der Waals surface area contributed by atoms with Crippen molar-refractivity contribution in [1.82, 2.24) is 0 Å². The van der Waals surface area contributed by atoms with Gasteiger partial charge in [0.1, 0.15) is 0 Å². The van der Waals surface area contributed by atoms with E-state index in [1.807, 2.05) is 303 Å². The molecule has 0 N–H and O–H groups in total. The second kappa shape index (κ2) is 56.8. The zero-order valence-corrected chi connectivity index (χ0v) is 36.2. The van der Waals surface area contributed by atoms with Crippen molar-refractivity contribution in [3.63, 3.8) is 0 Å². The molecule has 0 amide bonds. The molecule has 5 heteroatoms. The molecule has 0 atom stereocenters. The van der Waals surface area contributed by atoms with E-state index in [-0.39, 0.29) is 85.3 Å². The summed E-state index contributed by atoms with van der Waals surface area (Å²) in [4.78, 5) is 0. The summed E-state index contributed by atoms with van der Waals surface area (Å²) in [6, 6.07) is 100. The fraction of sp³-hybridized carbons (Fsp3) is 0. The molecule has 0 aliphatic carbocycles. The van der Waals surface area contributed by atoms with Gasteiger partial charge in [0, 0.05) is 0 Å². The molecule has 290 valence electrons. The van der Waals surface area contributed by atoms with Crippen molar-refractivity contribution in [2.45, 2.75) is 0 Å². The Balaban J connectivity index is -0.000000167. The van der Waals surface area contributed by atoms with Gasteiger partial charge in [-0.2, -0.15) is 182 Å². The van der Waals surface area contributed by atoms with Crippen LogP contribution in [0.25, 0.3) is 0 Å². The van der Waals surface area contributed by atoms with Crippen molar-refractivity contribution in [1.29, 1.82) is 0 Å². The van der Waals surface area contributed by atoms with E-state index < -0.39 is 0 Å². The average molecular weight is 930 g/mol. The second-order valence-electron chi connectivity index (χ2n) is 9.62. The van der Waals surface area contributed by atoms with Gasteiger partial charge in [0.25, 0.3) is 0 Å². The number of hydrogen-bond donors (Lipinski definition) is 0. The largest absolute Gasteiger partial charge is 2.00 e. The van der Waals surface area contributed by atoms with Crippen LogP contribution in [0.2, 0.25) is 0 Å². The van der Waals surface area contributed by atoms with Crippen molar-refractivity contribution >= 4 is 0 Å². The molecular formula is C50H50Fe5. The Kier molecular flexibility index (Phi) is 62.4. The maximum Gasteiger partial charge on any atom is 2.00 e. The molecule has 0 saturated carbocycles. The van der Waals surface area contributed by atoms with E-state index >= 15 is 0 Å². The Morgan fingerprint density at radius 1 is 0.109 bits per heavy atom. The van der Waals surface area contributed by atoms with Crippen LogP contribution in [0, 0.1) is 0 Å². The molecule has 0 aliphatic heterocycles. The molecule has 0 nitrogen and oxygen atoms in total. The van der Waals surface area contributed by atoms with Crippen molar-refractivity contribution in [2.24, 2.45) is 0 Å². The first-order valence-corrected chi connectivity index (χ1v) is 16.7. The predicted molar refractivity (Wildman–Crippen MR) is 220 cm³/mol. The molecule has 0 heterocycles. The van der Waals surface area contributed by atoms with Crippen molar-refractivity contribution in [3.8, 4) is 0 Å². The fourth-order valence-corrected chi connectivity index (χ4v) is 3.21. The van der Waals surface area contributed by atoms with Gasteiger partial charge in [0.2, 0.25) is 0 Å². The normalized spacial score (nSPS) is 7.27. The van der Waals surface area contributed by atoms with Gasteiger partial charge < -0.3 is 0 Å². The minimum atomic E-state index is 0. The molecule has 0 bridgehead atoms.